The molecule has 598 valence electrons. The van der Waals surface area contributed by atoms with Crippen molar-refractivity contribution in [2.24, 2.45) is 0 Å². The van der Waals surface area contributed by atoms with E-state index in [1.165, 1.54) is 57.8 Å². The molecule has 0 aliphatic carbocycles. The highest BCUT2D eigenvalue weighted by atomic mass is 31.2. The zero-order valence-electron chi connectivity index (χ0n) is 65.4. The van der Waals surface area contributed by atoms with Crippen LogP contribution in [0.2, 0.25) is 0 Å². The summed E-state index contributed by atoms with van der Waals surface area (Å²) in [5.74, 6) is -2.23. The van der Waals surface area contributed by atoms with Crippen molar-refractivity contribution in [2.75, 3.05) is 39.6 Å². The molecule has 0 aliphatic heterocycles. The van der Waals surface area contributed by atoms with E-state index in [1.54, 1.807) is 0 Å². The molecule has 17 nitrogen and oxygen atoms in total. The van der Waals surface area contributed by atoms with Gasteiger partial charge in [0.05, 0.1) is 26.4 Å². The van der Waals surface area contributed by atoms with E-state index in [9.17, 15) is 43.2 Å². The number of esters is 4. The van der Waals surface area contributed by atoms with Crippen LogP contribution in [-0.2, 0) is 65.4 Å². The predicted octanol–water partition coefficient (Wildman–Crippen LogP) is 23.9. The molecule has 3 N–H and O–H groups in total. The minimum atomic E-state index is -4.99. The lowest BCUT2D eigenvalue weighted by Gasteiger charge is -2.21. The number of allylic oxidation sites excluding steroid dienone is 20. The first-order valence-corrected chi connectivity index (χ1v) is 43.8. The molecular formula is C85H146O17P2. The Balaban J connectivity index is 5.39. The standard InChI is InChI=1S/C85H146O17P2/c1-5-9-13-17-21-25-29-33-37-38-39-40-44-46-50-54-58-62-66-70-83(88)96-76-81(102-85(90)72-68-64-60-56-52-48-43-36-32-28-24-20-16-12-8-4)78-100-104(93,94)98-74-79(86)73-97-103(91,92)99-77-80(101-84(89)71-67-63-59-55-51-47-42-35-31-27-23-19-15-11-7-3)75-95-82(87)69-65-61-57-53-49-45-41-34-30-26-22-18-14-10-6-2/h10,12,14,16,21-22,24-26,28,33-37,39-43,79-81,86H,5-9,11,13,15,17-20,23,27,29-32,38,44-78H2,1-4H3,(H,91,92)(H,93,94)/b14-10-,16-12-,25-21-,26-22-,28-24-,37-33-,40-39-,41-34-,42-35-,43-36-. The van der Waals surface area contributed by atoms with Gasteiger partial charge in [-0.2, -0.15) is 0 Å². The summed E-state index contributed by atoms with van der Waals surface area (Å²) in [5, 5.41) is 10.6. The number of phosphoric ester groups is 2. The van der Waals surface area contributed by atoms with Crippen LogP contribution in [0.15, 0.2) is 122 Å². The predicted molar refractivity (Wildman–Crippen MR) is 427 cm³/mol. The molecule has 5 atom stereocenters. The highest BCUT2D eigenvalue weighted by Crippen LogP contribution is 2.45. The number of aliphatic hydroxyl groups excluding tert-OH is 1. The molecule has 0 saturated heterocycles. The third-order valence-electron chi connectivity index (χ3n) is 16.9. The fourth-order valence-electron chi connectivity index (χ4n) is 10.7. The summed E-state index contributed by atoms with van der Waals surface area (Å²) in [5.41, 5.74) is 0. The Hall–Kier alpha value is -4.54. The van der Waals surface area contributed by atoms with E-state index in [0.717, 1.165) is 199 Å². The number of carbonyl (C=O) groups excluding carboxylic acids is 4. The van der Waals surface area contributed by atoms with Crippen molar-refractivity contribution >= 4 is 39.5 Å². The number of carbonyl (C=O) groups is 4. The van der Waals surface area contributed by atoms with Gasteiger partial charge in [0.1, 0.15) is 19.3 Å². The van der Waals surface area contributed by atoms with Crippen LogP contribution in [0.1, 0.15) is 336 Å². The van der Waals surface area contributed by atoms with Gasteiger partial charge in [-0.15, -0.1) is 0 Å². The molecule has 104 heavy (non-hydrogen) atoms. The van der Waals surface area contributed by atoms with Crippen LogP contribution in [0, 0.1) is 0 Å². The van der Waals surface area contributed by atoms with E-state index in [1.807, 2.05) is 0 Å². The Labute approximate surface area is 632 Å². The number of rotatable bonds is 76. The number of hydrogen-bond acceptors (Lipinski definition) is 15. The second kappa shape index (κ2) is 76.6. The maximum absolute atomic E-state index is 13.1. The van der Waals surface area contributed by atoms with Gasteiger partial charge in [-0.3, -0.25) is 37.3 Å². The van der Waals surface area contributed by atoms with Crippen molar-refractivity contribution in [3.63, 3.8) is 0 Å². The summed E-state index contributed by atoms with van der Waals surface area (Å²) in [6.45, 7) is 4.59. The van der Waals surface area contributed by atoms with Crippen LogP contribution in [0.25, 0.3) is 0 Å². The summed E-state index contributed by atoms with van der Waals surface area (Å²) in [6, 6.07) is 0. The monoisotopic (exact) mass is 1500 g/mol. The topological polar surface area (TPSA) is 237 Å². The van der Waals surface area contributed by atoms with Crippen LogP contribution in [0.5, 0.6) is 0 Å². The quantitative estimate of drug-likeness (QED) is 0.0169. The summed E-state index contributed by atoms with van der Waals surface area (Å²) < 4.78 is 68.6. The summed E-state index contributed by atoms with van der Waals surface area (Å²) in [7, 11) is -9.98. The Kier molecular flexibility index (Phi) is 73.3. The molecule has 0 spiro atoms. The van der Waals surface area contributed by atoms with Gasteiger partial charge >= 0.3 is 39.5 Å². The second-order valence-corrected chi connectivity index (χ2v) is 29.8. The van der Waals surface area contributed by atoms with Crippen molar-refractivity contribution in [2.45, 2.75) is 354 Å². The van der Waals surface area contributed by atoms with E-state index in [-0.39, 0.29) is 25.7 Å². The minimum absolute atomic E-state index is 0.0702. The molecule has 0 radical (unpaired) electrons. The fourth-order valence-corrected chi connectivity index (χ4v) is 12.3. The average Bonchev–Trinajstić information content (AvgIpc) is 0.912. The normalized spacial score (nSPS) is 14.5. The molecule has 0 fully saturated rings. The molecule has 5 unspecified atom stereocenters. The van der Waals surface area contributed by atoms with E-state index in [4.69, 9.17) is 37.0 Å². The number of ether oxygens (including phenoxy) is 4. The van der Waals surface area contributed by atoms with E-state index < -0.39 is 97.5 Å². The molecule has 0 saturated carbocycles. The highest BCUT2D eigenvalue weighted by molar-refractivity contribution is 7.47. The van der Waals surface area contributed by atoms with Gasteiger partial charge in [0, 0.05) is 25.7 Å². The van der Waals surface area contributed by atoms with Gasteiger partial charge < -0.3 is 33.8 Å². The number of aliphatic hydroxyl groups is 1. The number of phosphoric acid groups is 2. The van der Waals surface area contributed by atoms with E-state index in [2.05, 4.69) is 149 Å². The summed E-state index contributed by atoms with van der Waals surface area (Å²) in [4.78, 5) is 73.1. The van der Waals surface area contributed by atoms with Gasteiger partial charge in [-0.1, -0.05) is 278 Å². The van der Waals surface area contributed by atoms with Crippen LogP contribution >= 0.6 is 15.6 Å². The largest absolute Gasteiger partial charge is 0.472 e. The first-order valence-electron chi connectivity index (χ1n) is 40.8. The van der Waals surface area contributed by atoms with E-state index in [0.29, 0.717) is 25.7 Å². The van der Waals surface area contributed by atoms with Crippen LogP contribution < -0.4 is 0 Å². The molecule has 0 bridgehead atoms. The lowest BCUT2D eigenvalue weighted by molar-refractivity contribution is -0.161. The highest BCUT2D eigenvalue weighted by Gasteiger charge is 2.30. The second-order valence-electron chi connectivity index (χ2n) is 26.9. The lowest BCUT2D eigenvalue weighted by atomic mass is 10.1. The maximum Gasteiger partial charge on any atom is 0.472 e. The Morgan fingerprint density at radius 2 is 0.500 bits per heavy atom. The summed E-state index contributed by atoms with van der Waals surface area (Å²) >= 11 is 0. The molecule has 0 heterocycles. The number of unbranched alkanes of at least 4 members (excludes halogenated alkanes) is 30. The number of hydrogen-bond donors (Lipinski definition) is 3. The van der Waals surface area contributed by atoms with Gasteiger partial charge in [-0.05, 0) is 154 Å². The SMILES string of the molecule is CC/C=C\C/C=C\C/C=C\CCCCCCCC(=O)OCC(COP(=O)(O)OCC(O)COP(=O)(O)OCC(COC(=O)CCCCCCCC/C=C\C/C=C\C/C=C\CCCCC)OC(=O)CCCCCCC/C=C\C/C=C\C/C=C\CC)OC(=O)CCCCCCC/C=C\CCCCCCCC. The van der Waals surface area contributed by atoms with Crippen molar-refractivity contribution in [3.8, 4) is 0 Å². The van der Waals surface area contributed by atoms with Crippen molar-refractivity contribution in [1.29, 1.82) is 0 Å². The van der Waals surface area contributed by atoms with E-state index >= 15 is 0 Å². The van der Waals surface area contributed by atoms with Crippen LogP contribution in [0.3, 0.4) is 0 Å². The van der Waals surface area contributed by atoms with Gasteiger partial charge in [0.25, 0.3) is 0 Å². The maximum atomic E-state index is 13.1. The van der Waals surface area contributed by atoms with Gasteiger partial charge in [-0.25, -0.2) is 9.13 Å². The summed E-state index contributed by atoms with van der Waals surface area (Å²) in [6.07, 6.45) is 84.5. The lowest BCUT2D eigenvalue weighted by Crippen LogP contribution is -2.30. The molecular weight excluding hydrogens is 1350 g/mol. The molecule has 19 heteroatoms. The third-order valence-corrected chi connectivity index (χ3v) is 18.8. The molecule has 0 rings (SSSR count). The molecule has 0 aromatic rings. The van der Waals surface area contributed by atoms with Crippen molar-refractivity contribution in [1.82, 2.24) is 0 Å². The van der Waals surface area contributed by atoms with Crippen molar-refractivity contribution in [3.05, 3.63) is 122 Å². The Bertz CT molecular complexity index is 2440. The Morgan fingerprint density at radius 1 is 0.279 bits per heavy atom. The first kappa shape index (κ1) is 99.5. The minimum Gasteiger partial charge on any atom is -0.462 e. The first-order chi connectivity index (χ1) is 50.7. The zero-order valence-corrected chi connectivity index (χ0v) is 67.2. The zero-order chi connectivity index (χ0) is 76.0. The molecule has 0 aromatic carbocycles. The average molecular weight is 1500 g/mol. The van der Waals surface area contributed by atoms with Gasteiger partial charge in [0.2, 0.25) is 0 Å². The fraction of sp³-hybridized carbons (Fsp3) is 0.718. The van der Waals surface area contributed by atoms with Crippen molar-refractivity contribution < 1.29 is 80.2 Å². The molecule has 0 aromatic heterocycles. The third kappa shape index (κ3) is 75.7. The molecule has 0 amide bonds. The van der Waals surface area contributed by atoms with Gasteiger partial charge in [0.15, 0.2) is 12.2 Å². The van der Waals surface area contributed by atoms with Crippen LogP contribution in [0.4, 0.5) is 0 Å². The Morgan fingerprint density at radius 3 is 0.798 bits per heavy atom. The molecule has 0 aliphatic rings. The smallest absolute Gasteiger partial charge is 0.462 e. The van der Waals surface area contributed by atoms with Crippen LogP contribution in [-0.4, -0.2) is 96.7 Å².